The van der Waals surface area contributed by atoms with Crippen LogP contribution in [0.25, 0.3) is 0 Å². The van der Waals surface area contributed by atoms with Crippen LogP contribution < -0.4 is 0 Å². The van der Waals surface area contributed by atoms with Gasteiger partial charge >= 0.3 is 5.97 Å². The molecule has 1 aliphatic rings. The van der Waals surface area contributed by atoms with Gasteiger partial charge in [-0.05, 0) is 26.0 Å². The van der Waals surface area contributed by atoms with Crippen molar-refractivity contribution < 1.29 is 14.3 Å². The number of esters is 1. The van der Waals surface area contributed by atoms with E-state index in [0.29, 0.717) is 17.0 Å². The van der Waals surface area contributed by atoms with Gasteiger partial charge < -0.3 is 4.74 Å². The Balaban J connectivity index is 3.01. The van der Waals surface area contributed by atoms with Crippen molar-refractivity contribution in [2.45, 2.75) is 26.2 Å². The number of ketones is 1. The fourth-order valence-electron chi connectivity index (χ4n) is 1.81. The van der Waals surface area contributed by atoms with Crippen LogP contribution in [0.5, 0.6) is 0 Å². The summed E-state index contributed by atoms with van der Waals surface area (Å²) in [6, 6.07) is 0. The number of thiocarbonyl (C=S) groups is 1. The van der Waals surface area contributed by atoms with E-state index in [4.69, 9.17) is 17.0 Å². The first-order valence-electron chi connectivity index (χ1n) is 4.88. The SMILES string of the molecule is CCOC(=O)C1(C(=S)SC)CCCC1=O. The topological polar surface area (TPSA) is 43.4 Å². The van der Waals surface area contributed by atoms with Crippen molar-refractivity contribution in [1.29, 1.82) is 0 Å². The lowest BCUT2D eigenvalue weighted by atomic mass is 9.87. The molecule has 0 aromatic heterocycles. The Labute approximate surface area is 98.9 Å². The summed E-state index contributed by atoms with van der Waals surface area (Å²) in [7, 11) is 0. The van der Waals surface area contributed by atoms with Crippen molar-refractivity contribution in [2.75, 3.05) is 12.9 Å². The molecule has 0 spiro atoms. The van der Waals surface area contributed by atoms with Gasteiger partial charge in [-0.3, -0.25) is 9.59 Å². The Morgan fingerprint density at radius 3 is 2.73 bits per heavy atom. The summed E-state index contributed by atoms with van der Waals surface area (Å²) in [6.07, 6.45) is 3.44. The Morgan fingerprint density at radius 1 is 1.67 bits per heavy atom. The smallest absolute Gasteiger partial charge is 0.325 e. The van der Waals surface area contributed by atoms with Crippen LogP contribution in [0.15, 0.2) is 0 Å². The lowest BCUT2D eigenvalue weighted by Crippen LogP contribution is -2.42. The van der Waals surface area contributed by atoms with E-state index >= 15 is 0 Å². The van der Waals surface area contributed by atoms with E-state index in [1.807, 2.05) is 0 Å². The van der Waals surface area contributed by atoms with E-state index in [0.717, 1.165) is 6.42 Å². The van der Waals surface area contributed by atoms with Crippen molar-refractivity contribution in [3.63, 3.8) is 0 Å². The third-order valence-electron chi connectivity index (χ3n) is 2.59. The molecule has 0 heterocycles. The zero-order valence-corrected chi connectivity index (χ0v) is 10.5. The summed E-state index contributed by atoms with van der Waals surface area (Å²) in [5.74, 6) is -0.549. The molecular weight excluding hydrogens is 232 g/mol. The minimum atomic E-state index is -1.13. The highest BCUT2D eigenvalue weighted by Crippen LogP contribution is 2.40. The van der Waals surface area contributed by atoms with Gasteiger partial charge in [-0.1, -0.05) is 12.2 Å². The lowest BCUT2D eigenvalue weighted by molar-refractivity contribution is -0.153. The molecule has 3 nitrogen and oxygen atoms in total. The molecule has 5 heteroatoms. The number of rotatable bonds is 3. The van der Waals surface area contributed by atoms with Crippen molar-refractivity contribution in [3.8, 4) is 0 Å². The Hall–Kier alpha value is -0.420. The number of hydrogen-bond acceptors (Lipinski definition) is 5. The third-order valence-corrected chi connectivity index (χ3v) is 4.16. The summed E-state index contributed by atoms with van der Waals surface area (Å²) in [5.41, 5.74) is -1.13. The second-order valence-corrected chi connectivity index (χ2v) is 4.88. The zero-order chi connectivity index (χ0) is 11.5. The highest BCUT2D eigenvalue weighted by molar-refractivity contribution is 8.22. The standard InChI is InChI=1S/C10H14O3S2/c1-3-13-8(12)10(9(14)15-2)6-4-5-7(10)11/h3-6H2,1-2H3. The summed E-state index contributed by atoms with van der Waals surface area (Å²) in [5, 5.41) is 0. The van der Waals surface area contributed by atoms with Gasteiger partial charge in [0.05, 0.1) is 10.8 Å². The van der Waals surface area contributed by atoms with Gasteiger partial charge in [0.1, 0.15) is 0 Å². The molecule has 1 saturated carbocycles. The average Bonchev–Trinajstić information content (AvgIpc) is 2.60. The van der Waals surface area contributed by atoms with Gasteiger partial charge in [0.25, 0.3) is 0 Å². The van der Waals surface area contributed by atoms with E-state index in [-0.39, 0.29) is 12.4 Å². The maximum atomic E-state index is 11.8. The van der Waals surface area contributed by atoms with Crippen LogP contribution in [0.4, 0.5) is 0 Å². The minimum Gasteiger partial charge on any atom is -0.465 e. The highest BCUT2D eigenvalue weighted by atomic mass is 32.2. The third kappa shape index (κ3) is 2.08. The molecule has 0 aromatic rings. The van der Waals surface area contributed by atoms with Crippen LogP contribution in [0, 0.1) is 5.41 Å². The summed E-state index contributed by atoms with van der Waals surface area (Å²) >= 11 is 6.42. The minimum absolute atomic E-state index is 0.0831. The maximum absolute atomic E-state index is 11.8. The van der Waals surface area contributed by atoms with Gasteiger partial charge in [-0.15, -0.1) is 11.8 Å². The van der Waals surface area contributed by atoms with E-state index in [1.54, 1.807) is 13.2 Å². The largest absolute Gasteiger partial charge is 0.465 e. The molecular formula is C10H14O3S2. The van der Waals surface area contributed by atoms with Crippen LogP contribution in [0.2, 0.25) is 0 Å². The Kier molecular flexibility index (Phi) is 4.28. The van der Waals surface area contributed by atoms with E-state index in [1.165, 1.54) is 11.8 Å². The molecule has 1 unspecified atom stereocenters. The van der Waals surface area contributed by atoms with Crippen LogP contribution in [-0.2, 0) is 14.3 Å². The lowest BCUT2D eigenvalue weighted by Gasteiger charge is -2.24. The number of carbonyl (C=O) groups excluding carboxylic acids is 2. The summed E-state index contributed by atoms with van der Waals surface area (Å²) in [4.78, 5) is 23.6. The molecule has 0 bridgehead atoms. The first-order valence-corrected chi connectivity index (χ1v) is 6.51. The number of ether oxygens (including phenoxy) is 1. The van der Waals surface area contributed by atoms with Gasteiger partial charge in [0, 0.05) is 6.42 Å². The van der Waals surface area contributed by atoms with E-state index in [2.05, 4.69) is 0 Å². The average molecular weight is 246 g/mol. The van der Waals surface area contributed by atoms with Crippen LogP contribution in [0.3, 0.4) is 0 Å². The molecule has 1 fully saturated rings. The molecule has 84 valence electrons. The fraction of sp³-hybridized carbons (Fsp3) is 0.700. The number of carbonyl (C=O) groups is 2. The summed E-state index contributed by atoms with van der Waals surface area (Å²) < 4.78 is 5.41. The molecule has 1 aliphatic carbocycles. The van der Waals surface area contributed by atoms with Crippen LogP contribution in [0.1, 0.15) is 26.2 Å². The molecule has 0 N–H and O–H groups in total. The van der Waals surface area contributed by atoms with Crippen molar-refractivity contribution in [1.82, 2.24) is 0 Å². The van der Waals surface area contributed by atoms with E-state index < -0.39 is 11.4 Å². The second-order valence-electron chi connectivity index (χ2n) is 3.39. The number of Topliss-reactive ketones (excluding diaryl/α,β-unsaturated/α-hetero) is 1. The first-order chi connectivity index (χ1) is 7.09. The van der Waals surface area contributed by atoms with Gasteiger partial charge in [0.15, 0.2) is 11.2 Å². The molecule has 0 aliphatic heterocycles. The normalized spacial score (nSPS) is 25.3. The zero-order valence-electron chi connectivity index (χ0n) is 8.87. The molecule has 0 amide bonds. The monoisotopic (exact) mass is 246 g/mol. The Bertz CT molecular complexity index is 301. The van der Waals surface area contributed by atoms with Gasteiger partial charge in [-0.2, -0.15) is 0 Å². The van der Waals surface area contributed by atoms with Gasteiger partial charge in [-0.25, -0.2) is 0 Å². The highest BCUT2D eigenvalue weighted by Gasteiger charge is 2.53. The number of hydrogen-bond donors (Lipinski definition) is 0. The molecule has 15 heavy (non-hydrogen) atoms. The van der Waals surface area contributed by atoms with Crippen molar-refractivity contribution >= 4 is 39.9 Å². The predicted molar refractivity (Wildman–Crippen MR) is 64.0 cm³/mol. The van der Waals surface area contributed by atoms with Crippen LogP contribution in [-0.4, -0.2) is 28.8 Å². The van der Waals surface area contributed by atoms with Crippen molar-refractivity contribution in [3.05, 3.63) is 0 Å². The predicted octanol–water partition coefficient (Wildman–Crippen LogP) is 1.98. The molecule has 0 radical (unpaired) electrons. The fourth-order valence-corrected chi connectivity index (χ4v) is 2.76. The van der Waals surface area contributed by atoms with E-state index in [9.17, 15) is 9.59 Å². The first kappa shape index (κ1) is 12.6. The number of thioether (sulfide) groups is 1. The quantitative estimate of drug-likeness (QED) is 0.433. The van der Waals surface area contributed by atoms with Crippen LogP contribution >= 0.6 is 24.0 Å². The molecule has 0 saturated heterocycles. The van der Waals surface area contributed by atoms with Gasteiger partial charge in [0.2, 0.25) is 0 Å². The second kappa shape index (κ2) is 5.07. The molecule has 1 atom stereocenters. The molecule has 0 aromatic carbocycles. The Morgan fingerprint density at radius 2 is 2.33 bits per heavy atom. The molecule has 1 rings (SSSR count). The summed E-state index contributed by atoms with van der Waals surface area (Å²) in [6.45, 7) is 2.01. The maximum Gasteiger partial charge on any atom is 0.325 e. The van der Waals surface area contributed by atoms with Crippen molar-refractivity contribution in [2.24, 2.45) is 5.41 Å².